The number of halogens is 1. The minimum Gasteiger partial charge on any atom is -0.339 e. The first kappa shape index (κ1) is 11.3. The van der Waals surface area contributed by atoms with Gasteiger partial charge in [0.2, 0.25) is 5.89 Å². The molecule has 1 heterocycles. The number of aromatic nitrogens is 2. The summed E-state index contributed by atoms with van der Waals surface area (Å²) in [5.41, 5.74) is 6.45. The van der Waals surface area contributed by atoms with E-state index in [0.29, 0.717) is 24.7 Å². The number of hydrogen-bond donors (Lipinski definition) is 1. The van der Waals surface area contributed by atoms with Crippen LogP contribution in [0.15, 0.2) is 28.8 Å². The maximum absolute atomic E-state index is 13.0. The van der Waals surface area contributed by atoms with Crippen LogP contribution in [0.4, 0.5) is 4.39 Å². The van der Waals surface area contributed by atoms with Gasteiger partial charge in [-0.1, -0.05) is 17.3 Å². The highest BCUT2D eigenvalue weighted by Gasteiger charge is 2.48. The van der Waals surface area contributed by atoms with Gasteiger partial charge in [-0.25, -0.2) is 4.39 Å². The molecule has 0 amide bonds. The minimum atomic E-state index is -0.253. The molecule has 0 unspecified atom stereocenters. The number of nitrogens with zero attached hydrogens (tertiary/aromatic N) is 2. The van der Waals surface area contributed by atoms with Gasteiger partial charge in [0, 0.05) is 13.0 Å². The third-order valence-corrected chi connectivity index (χ3v) is 3.42. The Morgan fingerprint density at radius 2 is 2.22 bits per heavy atom. The average molecular weight is 247 g/mol. The molecular weight excluding hydrogens is 233 g/mol. The lowest BCUT2D eigenvalue weighted by Crippen LogP contribution is -2.20. The maximum Gasteiger partial charge on any atom is 0.234 e. The van der Waals surface area contributed by atoms with E-state index in [1.54, 1.807) is 6.07 Å². The number of nitrogens with two attached hydrogens (primary N) is 1. The smallest absolute Gasteiger partial charge is 0.234 e. The molecule has 1 saturated carbocycles. The van der Waals surface area contributed by atoms with Gasteiger partial charge in [0.1, 0.15) is 5.82 Å². The molecule has 1 aliphatic carbocycles. The van der Waals surface area contributed by atoms with Crippen molar-refractivity contribution in [3.8, 4) is 0 Å². The van der Waals surface area contributed by atoms with Crippen LogP contribution in [0, 0.1) is 5.82 Å². The Hall–Kier alpha value is -1.75. The van der Waals surface area contributed by atoms with Gasteiger partial charge in [-0.15, -0.1) is 0 Å². The molecule has 1 fully saturated rings. The predicted octanol–water partition coefficient (Wildman–Crippen LogP) is 1.79. The molecule has 0 radical (unpaired) electrons. The minimum absolute atomic E-state index is 0.0901. The fraction of sp³-hybridized carbons (Fsp3) is 0.385. The lowest BCUT2D eigenvalue weighted by molar-refractivity contribution is 0.344. The largest absolute Gasteiger partial charge is 0.339 e. The van der Waals surface area contributed by atoms with Crippen molar-refractivity contribution in [2.75, 3.05) is 6.54 Å². The summed E-state index contributed by atoms with van der Waals surface area (Å²) >= 11 is 0. The van der Waals surface area contributed by atoms with Crippen LogP contribution in [0.1, 0.15) is 30.1 Å². The zero-order valence-corrected chi connectivity index (χ0v) is 9.90. The first-order valence-electron chi connectivity index (χ1n) is 5.99. The van der Waals surface area contributed by atoms with Gasteiger partial charge in [0.25, 0.3) is 0 Å². The van der Waals surface area contributed by atoms with Crippen molar-refractivity contribution in [1.29, 1.82) is 0 Å². The standard InChI is InChI=1S/C13H14FN3O/c14-10-3-1-2-9(6-10)7-11-16-12(18-17-11)13(8-15)4-5-13/h1-3,6H,4-5,7-8,15H2. The summed E-state index contributed by atoms with van der Waals surface area (Å²) in [6.07, 6.45) is 2.48. The van der Waals surface area contributed by atoms with Gasteiger partial charge in [-0.2, -0.15) is 4.98 Å². The van der Waals surface area contributed by atoms with Gasteiger partial charge in [-0.3, -0.25) is 0 Å². The van der Waals surface area contributed by atoms with Crippen LogP contribution in [0.5, 0.6) is 0 Å². The van der Waals surface area contributed by atoms with Gasteiger partial charge in [0.05, 0.1) is 5.41 Å². The average Bonchev–Trinajstić information content (AvgIpc) is 3.03. The lowest BCUT2D eigenvalue weighted by atomic mass is 10.1. The SMILES string of the molecule is NCC1(c2nc(Cc3cccc(F)c3)no2)CC1. The van der Waals surface area contributed by atoms with Gasteiger partial charge in [0.15, 0.2) is 5.82 Å². The lowest BCUT2D eigenvalue weighted by Gasteiger charge is -2.03. The second-order valence-corrected chi connectivity index (χ2v) is 4.81. The third kappa shape index (κ3) is 2.01. The highest BCUT2D eigenvalue weighted by atomic mass is 19.1. The Bertz CT molecular complexity index is 563. The van der Waals surface area contributed by atoms with E-state index in [1.807, 2.05) is 6.07 Å². The van der Waals surface area contributed by atoms with Crippen LogP contribution in [-0.4, -0.2) is 16.7 Å². The highest BCUT2D eigenvalue weighted by molar-refractivity contribution is 5.21. The molecule has 1 aromatic heterocycles. The molecule has 3 rings (SSSR count). The zero-order valence-electron chi connectivity index (χ0n) is 9.90. The summed E-state index contributed by atoms with van der Waals surface area (Å²) in [4.78, 5) is 4.36. The fourth-order valence-corrected chi connectivity index (χ4v) is 2.03. The van der Waals surface area contributed by atoms with Crippen molar-refractivity contribution in [3.05, 3.63) is 47.4 Å². The molecule has 0 saturated heterocycles. The van der Waals surface area contributed by atoms with Gasteiger partial charge in [-0.05, 0) is 30.5 Å². The molecular formula is C13H14FN3O. The second-order valence-electron chi connectivity index (χ2n) is 4.81. The van der Waals surface area contributed by atoms with Crippen molar-refractivity contribution in [3.63, 3.8) is 0 Å². The van der Waals surface area contributed by atoms with Crippen molar-refractivity contribution in [2.24, 2.45) is 5.73 Å². The Labute approximate surface area is 104 Å². The molecule has 18 heavy (non-hydrogen) atoms. The summed E-state index contributed by atoms with van der Waals surface area (Å²) in [6, 6.07) is 6.41. The number of benzene rings is 1. The topological polar surface area (TPSA) is 64.9 Å². The molecule has 0 spiro atoms. The molecule has 4 nitrogen and oxygen atoms in total. The number of hydrogen-bond acceptors (Lipinski definition) is 4. The Kier molecular flexibility index (Phi) is 2.63. The van der Waals surface area contributed by atoms with Crippen LogP contribution >= 0.6 is 0 Å². The van der Waals surface area contributed by atoms with Crippen molar-refractivity contribution in [2.45, 2.75) is 24.7 Å². The molecule has 0 bridgehead atoms. The normalized spacial score (nSPS) is 16.8. The molecule has 94 valence electrons. The first-order valence-corrected chi connectivity index (χ1v) is 5.99. The first-order chi connectivity index (χ1) is 8.72. The molecule has 0 aliphatic heterocycles. The fourth-order valence-electron chi connectivity index (χ4n) is 2.03. The van der Waals surface area contributed by atoms with E-state index < -0.39 is 0 Å². The monoisotopic (exact) mass is 247 g/mol. The van der Waals surface area contributed by atoms with Crippen LogP contribution in [-0.2, 0) is 11.8 Å². The molecule has 1 aliphatic rings. The van der Waals surface area contributed by atoms with E-state index in [1.165, 1.54) is 12.1 Å². The maximum atomic E-state index is 13.0. The molecule has 2 aromatic rings. The van der Waals surface area contributed by atoms with Gasteiger partial charge < -0.3 is 10.3 Å². The Balaban J connectivity index is 1.78. The Morgan fingerprint density at radius 3 is 2.89 bits per heavy atom. The van der Waals surface area contributed by atoms with Crippen molar-refractivity contribution >= 4 is 0 Å². The molecule has 2 N–H and O–H groups in total. The molecule has 1 aromatic carbocycles. The summed E-state index contributed by atoms with van der Waals surface area (Å²) in [5.74, 6) is 0.948. The summed E-state index contributed by atoms with van der Waals surface area (Å²) in [6.45, 7) is 0.536. The molecule has 5 heteroatoms. The van der Waals surface area contributed by atoms with Crippen LogP contribution in [0.25, 0.3) is 0 Å². The predicted molar refractivity (Wildman–Crippen MR) is 63.5 cm³/mol. The quantitative estimate of drug-likeness (QED) is 0.894. The van der Waals surface area contributed by atoms with E-state index in [0.717, 1.165) is 18.4 Å². The van der Waals surface area contributed by atoms with E-state index >= 15 is 0 Å². The van der Waals surface area contributed by atoms with Crippen molar-refractivity contribution in [1.82, 2.24) is 10.1 Å². The van der Waals surface area contributed by atoms with Gasteiger partial charge >= 0.3 is 0 Å². The zero-order chi connectivity index (χ0) is 12.6. The van der Waals surface area contributed by atoms with Crippen LogP contribution in [0.2, 0.25) is 0 Å². The Morgan fingerprint density at radius 1 is 1.39 bits per heavy atom. The summed E-state index contributed by atoms with van der Waals surface area (Å²) < 4.78 is 18.3. The van der Waals surface area contributed by atoms with E-state index in [9.17, 15) is 4.39 Å². The summed E-state index contributed by atoms with van der Waals surface area (Å²) in [7, 11) is 0. The second kappa shape index (κ2) is 4.17. The van der Waals surface area contributed by atoms with Crippen LogP contribution < -0.4 is 5.73 Å². The molecule has 0 atom stereocenters. The van der Waals surface area contributed by atoms with E-state index in [2.05, 4.69) is 10.1 Å². The third-order valence-electron chi connectivity index (χ3n) is 3.42. The number of rotatable bonds is 4. The van der Waals surface area contributed by atoms with Crippen molar-refractivity contribution < 1.29 is 8.91 Å². The van der Waals surface area contributed by atoms with E-state index in [-0.39, 0.29) is 11.2 Å². The van der Waals surface area contributed by atoms with E-state index in [4.69, 9.17) is 10.3 Å². The highest BCUT2D eigenvalue weighted by Crippen LogP contribution is 2.46. The summed E-state index contributed by atoms with van der Waals surface area (Å²) in [5, 5.41) is 3.93. The van der Waals surface area contributed by atoms with Crippen LogP contribution in [0.3, 0.4) is 0 Å².